The van der Waals surface area contributed by atoms with Crippen LogP contribution >= 0.6 is 0 Å². The quantitative estimate of drug-likeness (QED) is 0.685. The van der Waals surface area contributed by atoms with E-state index in [1.807, 2.05) is 0 Å². The van der Waals surface area contributed by atoms with Crippen molar-refractivity contribution < 1.29 is 4.79 Å². The third-order valence-electron chi connectivity index (χ3n) is 2.99. The van der Waals surface area contributed by atoms with Gasteiger partial charge in [-0.1, -0.05) is 32.1 Å². The van der Waals surface area contributed by atoms with Gasteiger partial charge in [0.1, 0.15) is 0 Å². The minimum Gasteiger partial charge on any atom is -0.368 e. The molecule has 0 aromatic carbocycles. The van der Waals surface area contributed by atoms with E-state index in [-0.39, 0.29) is 11.9 Å². The van der Waals surface area contributed by atoms with Crippen LogP contribution in [0.2, 0.25) is 0 Å². The molecule has 3 heteroatoms. The highest BCUT2D eigenvalue weighted by atomic mass is 16.1. The molecule has 0 saturated heterocycles. The molecule has 1 aliphatic carbocycles. The Morgan fingerprint density at radius 3 is 2.54 bits per heavy atom. The fraction of sp³-hybridized carbons (Fsp3) is 0.900. The van der Waals surface area contributed by atoms with Crippen LogP contribution in [0.25, 0.3) is 0 Å². The average molecular weight is 184 g/mol. The molecule has 3 N–H and O–H groups in total. The number of carbonyl (C=O) groups excluding carboxylic acids is 1. The van der Waals surface area contributed by atoms with E-state index in [0.29, 0.717) is 5.92 Å². The fourth-order valence-corrected chi connectivity index (χ4v) is 2.13. The number of hydrogen-bond donors (Lipinski definition) is 2. The Bertz CT molecular complexity index is 164. The smallest absolute Gasteiger partial charge is 0.234 e. The van der Waals surface area contributed by atoms with Crippen molar-refractivity contribution in [3.63, 3.8) is 0 Å². The van der Waals surface area contributed by atoms with Crippen LogP contribution in [0.15, 0.2) is 0 Å². The highest BCUT2D eigenvalue weighted by Crippen LogP contribution is 2.27. The van der Waals surface area contributed by atoms with E-state index in [9.17, 15) is 4.79 Å². The van der Waals surface area contributed by atoms with E-state index < -0.39 is 0 Å². The summed E-state index contributed by atoms with van der Waals surface area (Å²) < 4.78 is 0. The molecule has 1 fully saturated rings. The minimum absolute atomic E-state index is 0.122. The zero-order valence-corrected chi connectivity index (χ0v) is 8.38. The summed E-state index contributed by atoms with van der Waals surface area (Å²) in [6.07, 6.45) is 7.46. The topological polar surface area (TPSA) is 55.1 Å². The second-order valence-corrected chi connectivity index (χ2v) is 3.98. The van der Waals surface area contributed by atoms with Crippen molar-refractivity contribution in [1.82, 2.24) is 5.32 Å². The molecule has 1 saturated carbocycles. The molecule has 13 heavy (non-hydrogen) atoms. The standard InChI is InChI=1S/C10H20N2O/c1-12-9(10(11)13)7-8-5-3-2-4-6-8/h8-9,12H,2-7H2,1H3,(H2,11,13)/t9-/m0/s1. The number of nitrogens with one attached hydrogen (secondary N) is 1. The molecule has 0 heterocycles. The second kappa shape index (κ2) is 5.22. The van der Waals surface area contributed by atoms with Crippen molar-refractivity contribution in [2.75, 3.05) is 7.05 Å². The Kier molecular flexibility index (Phi) is 4.22. The van der Waals surface area contributed by atoms with Crippen LogP contribution in [-0.4, -0.2) is 19.0 Å². The van der Waals surface area contributed by atoms with Crippen molar-refractivity contribution >= 4 is 5.91 Å². The monoisotopic (exact) mass is 184 g/mol. The predicted molar refractivity (Wildman–Crippen MR) is 53.2 cm³/mol. The Balaban J connectivity index is 2.31. The molecular formula is C10H20N2O. The van der Waals surface area contributed by atoms with Crippen LogP contribution in [0.1, 0.15) is 38.5 Å². The number of nitrogens with two attached hydrogens (primary N) is 1. The summed E-state index contributed by atoms with van der Waals surface area (Å²) in [5, 5.41) is 2.97. The second-order valence-electron chi connectivity index (χ2n) is 3.98. The molecule has 3 nitrogen and oxygen atoms in total. The Morgan fingerprint density at radius 2 is 2.08 bits per heavy atom. The fourth-order valence-electron chi connectivity index (χ4n) is 2.13. The summed E-state index contributed by atoms with van der Waals surface area (Å²) in [5.41, 5.74) is 5.26. The van der Waals surface area contributed by atoms with Crippen LogP contribution in [0.4, 0.5) is 0 Å². The average Bonchev–Trinajstić information content (AvgIpc) is 2.15. The first kappa shape index (κ1) is 10.5. The minimum atomic E-state index is -0.215. The van der Waals surface area contributed by atoms with E-state index >= 15 is 0 Å². The maximum absolute atomic E-state index is 11.0. The first-order valence-electron chi connectivity index (χ1n) is 5.20. The number of likely N-dealkylation sites (N-methyl/N-ethyl adjacent to an activating group) is 1. The van der Waals surface area contributed by atoms with Gasteiger partial charge in [-0.2, -0.15) is 0 Å². The maximum Gasteiger partial charge on any atom is 0.234 e. The molecule has 1 atom stereocenters. The van der Waals surface area contributed by atoms with Crippen LogP contribution < -0.4 is 11.1 Å². The summed E-state index contributed by atoms with van der Waals surface area (Å²) in [5.74, 6) is 0.492. The molecule has 0 spiro atoms. The molecule has 1 aliphatic rings. The van der Waals surface area contributed by atoms with Crippen LogP contribution in [-0.2, 0) is 4.79 Å². The van der Waals surface area contributed by atoms with E-state index in [2.05, 4.69) is 5.32 Å². The van der Waals surface area contributed by atoms with Crippen LogP contribution in [0.5, 0.6) is 0 Å². The number of carbonyl (C=O) groups is 1. The number of amides is 1. The van der Waals surface area contributed by atoms with Gasteiger partial charge in [-0.25, -0.2) is 0 Å². The van der Waals surface area contributed by atoms with E-state index in [0.717, 1.165) is 6.42 Å². The van der Waals surface area contributed by atoms with Gasteiger partial charge in [0.05, 0.1) is 6.04 Å². The van der Waals surface area contributed by atoms with Crippen LogP contribution in [0, 0.1) is 5.92 Å². The van der Waals surface area contributed by atoms with Gasteiger partial charge >= 0.3 is 0 Å². The molecule has 0 unspecified atom stereocenters. The van der Waals surface area contributed by atoms with Crippen molar-refractivity contribution in [1.29, 1.82) is 0 Å². The zero-order valence-electron chi connectivity index (χ0n) is 8.38. The number of hydrogen-bond acceptors (Lipinski definition) is 2. The van der Waals surface area contributed by atoms with Crippen LogP contribution in [0.3, 0.4) is 0 Å². The summed E-state index contributed by atoms with van der Waals surface area (Å²) in [4.78, 5) is 11.0. The zero-order chi connectivity index (χ0) is 9.68. The largest absolute Gasteiger partial charge is 0.368 e. The first-order valence-corrected chi connectivity index (χ1v) is 5.20. The van der Waals surface area contributed by atoms with Gasteiger partial charge in [0.15, 0.2) is 0 Å². The van der Waals surface area contributed by atoms with Gasteiger partial charge in [-0.05, 0) is 19.4 Å². The number of rotatable bonds is 4. The van der Waals surface area contributed by atoms with E-state index in [1.54, 1.807) is 7.05 Å². The molecule has 0 bridgehead atoms. The van der Waals surface area contributed by atoms with Crippen molar-refractivity contribution in [3.8, 4) is 0 Å². The summed E-state index contributed by atoms with van der Waals surface area (Å²) in [7, 11) is 1.80. The Morgan fingerprint density at radius 1 is 1.46 bits per heavy atom. The molecular weight excluding hydrogens is 164 g/mol. The van der Waals surface area contributed by atoms with Crippen molar-refractivity contribution in [2.45, 2.75) is 44.6 Å². The summed E-state index contributed by atoms with van der Waals surface area (Å²) >= 11 is 0. The number of primary amides is 1. The van der Waals surface area contributed by atoms with Gasteiger partial charge in [0, 0.05) is 0 Å². The molecule has 1 rings (SSSR count). The highest BCUT2D eigenvalue weighted by molar-refractivity contribution is 5.79. The predicted octanol–water partition coefficient (Wildman–Crippen LogP) is 1.03. The third-order valence-corrected chi connectivity index (χ3v) is 2.99. The highest BCUT2D eigenvalue weighted by Gasteiger charge is 2.20. The molecule has 0 aromatic rings. The van der Waals surface area contributed by atoms with Gasteiger partial charge in [0.25, 0.3) is 0 Å². The third kappa shape index (κ3) is 3.35. The summed E-state index contributed by atoms with van der Waals surface area (Å²) in [6.45, 7) is 0. The molecule has 0 aliphatic heterocycles. The van der Waals surface area contributed by atoms with Crippen molar-refractivity contribution in [2.24, 2.45) is 11.7 Å². The lowest BCUT2D eigenvalue weighted by atomic mass is 9.85. The SMILES string of the molecule is CN[C@@H](CC1CCCCC1)C(N)=O. The lowest BCUT2D eigenvalue weighted by molar-refractivity contribution is -0.120. The van der Waals surface area contributed by atoms with E-state index in [1.165, 1.54) is 32.1 Å². The van der Waals surface area contributed by atoms with Gasteiger partial charge < -0.3 is 11.1 Å². The van der Waals surface area contributed by atoms with Gasteiger partial charge in [0.2, 0.25) is 5.91 Å². The lowest BCUT2D eigenvalue weighted by Crippen LogP contribution is -2.40. The van der Waals surface area contributed by atoms with Gasteiger partial charge in [-0.15, -0.1) is 0 Å². The lowest BCUT2D eigenvalue weighted by Gasteiger charge is -2.24. The molecule has 0 radical (unpaired) electrons. The molecule has 76 valence electrons. The normalized spacial score (nSPS) is 21.3. The Labute approximate surface area is 80.1 Å². The van der Waals surface area contributed by atoms with E-state index in [4.69, 9.17) is 5.73 Å². The Hall–Kier alpha value is -0.570. The molecule has 1 amide bonds. The van der Waals surface area contributed by atoms with Gasteiger partial charge in [-0.3, -0.25) is 4.79 Å². The van der Waals surface area contributed by atoms with Crippen molar-refractivity contribution in [3.05, 3.63) is 0 Å². The molecule has 0 aromatic heterocycles. The maximum atomic E-state index is 11.0. The first-order chi connectivity index (χ1) is 6.24. The summed E-state index contributed by atoms with van der Waals surface area (Å²) in [6, 6.07) is -0.122.